The lowest BCUT2D eigenvalue weighted by Gasteiger charge is -2.39. The number of hydrogen-bond donors (Lipinski definition) is 1. The Morgan fingerprint density at radius 3 is 2.80 bits per heavy atom. The summed E-state index contributed by atoms with van der Waals surface area (Å²) in [5.74, 6) is 2.20. The molecule has 0 heterocycles. The molecule has 0 bridgehead atoms. The van der Waals surface area contributed by atoms with Crippen molar-refractivity contribution in [3.05, 3.63) is 29.3 Å². The number of methoxy groups -OCH3 is 1. The molecule has 1 aliphatic carbocycles. The van der Waals surface area contributed by atoms with Gasteiger partial charge < -0.3 is 9.84 Å². The lowest BCUT2D eigenvalue weighted by Crippen LogP contribution is -2.38. The van der Waals surface area contributed by atoms with E-state index in [1.165, 1.54) is 12.0 Å². The van der Waals surface area contributed by atoms with Gasteiger partial charge in [-0.1, -0.05) is 38.0 Å². The second-order valence-electron chi connectivity index (χ2n) is 6.82. The van der Waals surface area contributed by atoms with Gasteiger partial charge in [-0.25, -0.2) is 0 Å². The van der Waals surface area contributed by atoms with Gasteiger partial charge in [0.2, 0.25) is 0 Å². The van der Waals surface area contributed by atoms with E-state index in [0.717, 1.165) is 30.6 Å². The van der Waals surface area contributed by atoms with Gasteiger partial charge in [-0.05, 0) is 49.7 Å². The first kappa shape index (κ1) is 15.4. The standard InChI is InChI=1S/C18H28O2/c1-13(2)15-6-5-9-18(19,11-15)12-16-10-14(3)7-8-17(16)20-4/h7-8,10,13,15,19H,5-6,9,11-12H2,1-4H3. The molecule has 1 fully saturated rings. The maximum absolute atomic E-state index is 11.0. The maximum atomic E-state index is 11.0. The third-order valence-corrected chi connectivity index (χ3v) is 4.76. The van der Waals surface area contributed by atoms with Crippen LogP contribution in [0.4, 0.5) is 0 Å². The lowest BCUT2D eigenvalue weighted by molar-refractivity contribution is -0.0243. The number of aliphatic hydroxyl groups is 1. The molecule has 2 nitrogen and oxygen atoms in total. The molecule has 1 N–H and O–H groups in total. The van der Waals surface area contributed by atoms with Crippen LogP contribution in [0.1, 0.15) is 50.7 Å². The molecule has 0 aliphatic heterocycles. The smallest absolute Gasteiger partial charge is 0.122 e. The molecule has 0 spiro atoms. The van der Waals surface area contributed by atoms with E-state index in [1.807, 2.05) is 6.07 Å². The molecule has 2 rings (SSSR count). The van der Waals surface area contributed by atoms with Crippen molar-refractivity contribution in [2.24, 2.45) is 11.8 Å². The SMILES string of the molecule is COc1ccc(C)cc1CC1(O)CCCC(C(C)C)C1. The van der Waals surface area contributed by atoms with Crippen molar-refractivity contribution < 1.29 is 9.84 Å². The van der Waals surface area contributed by atoms with Gasteiger partial charge in [0.1, 0.15) is 5.75 Å². The van der Waals surface area contributed by atoms with E-state index in [0.29, 0.717) is 18.3 Å². The highest BCUT2D eigenvalue weighted by Crippen LogP contribution is 2.39. The molecule has 2 unspecified atom stereocenters. The summed E-state index contributed by atoms with van der Waals surface area (Å²) in [4.78, 5) is 0. The lowest BCUT2D eigenvalue weighted by atomic mass is 9.71. The normalized spacial score (nSPS) is 26.8. The van der Waals surface area contributed by atoms with Crippen LogP contribution in [-0.2, 0) is 6.42 Å². The van der Waals surface area contributed by atoms with Crippen LogP contribution < -0.4 is 4.74 Å². The van der Waals surface area contributed by atoms with Crippen molar-refractivity contribution in [2.45, 2.75) is 58.5 Å². The molecular formula is C18H28O2. The molecule has 112 valence electrons. The highest BCUT2D eigenvalue weighted by Gasteiger charge is 2.36. The fourth-order valence-corrected chi connectivity index (χ4v) is 3.52. The monoisotopic (exact) mass is 276 g/mol. The number of aryl methyl sites for hydroxylation is 1. The Hall–Kier alpha value is -1.02. The van der Waals surface area contributed by atoms with E-state index in [-0.39, 0.29) is 0 Å². The summed E-state index contributed by atoms with van der Waals surface area (Å²) in [6.45, 7) is 6.62. The highest BCUT2D eigenvalue weighted by molar-refractivity contribution is 5.38. The van der Waals surface area contributed by atoms with Gasteiger partial charge in [0.25, 0.3) is 0 Å². The summed E-state index contributed by atoms with van der Waals surface area (Å²) in [6, 6.07) is 6.22. The minimum Gasteiger partial charge on any atom is -0.496 e. The van der Waals surface area contributed by atoms with Gasteiger partial charge in [-0.3, -0.25) is 0 Å². The number of hydrogen-bond acceptors (Lipinski definition) is 2. The summed E-state index contributed by atoms with van der Waals surface area (Å²) in [5.41, 5.74) is 1.80. The molecule has 0 amide bonds. The molecule has 1 aromatic rings. The fourth-order valence-electron chi connectivity index (χ4n) is 3.52. The Morgan fingerprint density at radius 1 is 1.40 bits per heavy atom. The number of ether oxygens (including phenoxy) is 1. The molecule has 0 saturated heterocycles. The first-order valence-corrected chi connectivity index (χ1v) is 7.79. The van der Waals surface area contributed by atoms with Crippen molar-refractivity contribution >= 4 is 0 Å². The Bertz CT molecular complexity index is 453. The minimum absolute atomic E-state index is 0.561. The van der Waals surface area contributed by atoms with E-state index in [1.54, 1.807) is 7.11 Å². The van der Waals surface area contributed by atoms with E-state index >= 15 is 0 Å². The van der Waals surface area contributed by atoms with Gasteiger partial charge in [0.05, 0.1) is 12.7 Å². The molecule has 1 saturated carbocycles. The van der Waals surface area contributed by atoms with Crippen LogP contribution >= 0.6 is 0 Å². The van der Waals surface area contributed by atoms with E-state index in [2.05, 4.69) is 32.9 Å². The summed E-state index contributed by atoms with van der Waals surface area (Å²) in [6.07, 6.45) is 4.93. The average Bonchev–Trinajstić information content (AvgIpc) is 2.38. The Kier molecular flexibility index (Phi) is 4.74. The van der Waals surface area contributed by atoms with Crippen LogP contribution in [0.3, 0.4) is 0 Å². The average molecular weight is 276 g/mol. The summed E-state index contributed by atoms with van der Waals surface area (Å²) in [7, 11) is 1.70. The highest BCUT2D eigenvalue weighted by atomic mass is 16.5. The first-order chi connectivity index (χ1) is 9.43. The van der Waals surface area contributed by atoms with Crippen molar-refractivity contribution in [3.8, 4) is 5.75 Å². The minimum atomic E-state index is -0.561. The van der Waals surface area contributed by atoms with Gasteiger partial charge in [-0.15, -0.1) is 0 Å². The molecular weight excluding hydrogens is 248 g/mol. The van der Waals surface area contributed by atoms with Crippen LogP contribution in [-0.4, -0.2) is 17.8 Å². The van der Waals surface area contributed by atoms with Gasteiger partial charge in [-0.2, -0.15) is 0 Å². The van der Waals surface area contributed by atoms with E-state index in [4.69, 9.17) is 4.74 Å². The molecule has 2 heteroatoms. The molecule has 1 aliphatic rings. The van der Waals surface area contributed by atoms with Crippen LogP contribution in [0.2, 0.25) is 0 Å². The molecule has 20 heavy (non-hydrogen) atoms. The van der Waals surface area contributed by atoms with E-state index < -0.39 is 5.60 Å². The molecule has 1 aromatic carbocycles. The third kappa shape index (κ3) is 3.54. The molecule has 0 radical (unpaired) electrons. The van der Waals surface area contributed by atoms with Crippen molar-refractivity contribution in [1.82, 2.24) is 0 Å². The Labute approximate surface area is 123 Å². The van der Waals surface area contributed by atoms with Crippen LogP contribution in [0, 0.1) is 18.8 Å². The zero-order chi connectivity index (χ0) is 14.8. The van der Waals surface area contributed by atoms with E-state index in [9.17, 15) is 5.11 Å². The Morgan fingerprint density at radius 2 is 2.15 bits per heavy atom. The predicted molar refractivity (Wildman–Crippen MR) is 83.2 cm³/mol. The summed E-state index contributed by atoms with van der Waals surface area (Å²) in [5, 5.41) is 11.0. The largest absolute Gasteiger partial charge is 0.496 e. The second-order valence-corrected chi connectivity index (χ2v) is 6.82. The fraction of sp³-hybridized carbons (Fsp3) is 0.667. The van der Waals surface area contributed by atoms with Gasteiger partial charge in [0.15, 0.2) is 0 Å². The van der Waals surface area contributed by atoms with Crippen molar-refractivity contribution in [1.29, 1.82) is 0 Å². The molecule has 2 atom stereocenters. The number of benzene rings is 1. The zero-order valence-electron chi connectivity index (χ0n) is 13.3. The van der Waals surface area contributed by atoms with Gasteiger partial charge in [0, 0.05) is 6.42 Å². The Balaban J connectivity index is 2.17. The zero-order valence-corrected chi connectivity index (χ0v) is 13.3. The van der Waals surface area contributed by atoms with Crippen molar-refractivity contribution in [2.75, 3.05) is 7.11 Å². The topological polar surface area (TPSA) is 29.5 Å². The third-order valence-electron chi connectivity index (χ3n) is 4.76. The van der Waals surface area contributed by atoms with Crippen molar-refractivity contribution in [3.63, 3.8) is 0 Å². The van der Waals surface area contributed by atoms with Crippen LogP contribution in [0.15, 0.2) is 18.2 Å². The van der Waals surface area contributed by atoms with Crippen LogP contribution in [0.25, 0.3) is 0 Å². The predicted octanol–water partition coefficient (Wildman–Crippen LogP) is 4.12. The molecule has 0 aromatic heterocycles. The maximum Gasteiger partial charge on any atom is 0.122 e. The van der Waals surface area contributed by atoms with Crippen LogP contribution in [0.5, 0.6) is 5.75 Å². The summed E-state index contributed by atoms with van der Waals surface area (Å²) < 4.78 is 5.45. The quantitative estimate of drug-likeness (QED) is 0.896. The number of rotatable bonds is 4. The first-order valence-electron chi connectivity index (χ1n) is 7.79. The summed E-state index contributed by atoms with van der Waals surface area (Å²) >= 11 is 0. The van der Waals surface area contributed by atoms with Gasteiger partial charge >= 0.3 is 0 Å². The second kappa shape index (κ2) is 6.17.